The van der Waals surface area contributed by atoms with Crippen LogP contribution in [0.1, 0.15) is 19.8 Å². The Kier molecular flexibility index (Phi) is 5.45. The Bertz CT molecular complexity index is 215. The van der Waals surface area contributed by atoms with E-state index in [4.69, 9.17) is 11.7 Å². The Balaban J connectivity index is 3.81. The van der Waals surface area contributed by atoms with Crippen LogP contribution in [0.25, 0.3) is 4.85 Å². The van der Waals surface area contributed by atoms with Crippen LogP contribution in [0.5, 0.6) is 0 Å². The lowest BCUT2D eigenvalue weighted by atomic mass is 10.4. The summed E-state index contributed by atoms with van der Waals surface area (Å²) in [6.45, 7) is 8.72. The molecule has 0 radical (unpaired) electrons. The molecule has 4 heteroatoms. The lowest BCUT2D eigenvalue weighted by molar-refractivity contribution is -0.138. The number of aliphatic hydroxyl groups excluding tert-OH is 1. The van der Waals surface area contributed by atoms with Crippen LogP contribution in [-0.4, -0.2) is 17.7 Å². The maximum atomic E-state index is 10.8. The Morgan fingerprint density at radius 3 is 2.83 bits per heavy atom. The van der Waals surface area contributed by atoms with Crippen molar-refractivity contribution >= 4 is 5.97 Å². The van der Waals surface area contributed by atoms with Crippen LogP contribution in [0.4, 0.5) is 0 Å². The third-order valence-electron chi connectivity index (χ3n) is 1.18. The highest BCUT2D eigenvalue weighted by Crippen LogP contribution is 1.99. The van der Waals surface area contributed by atoms with Gasteiger partial charge in [-0.15, -0.1) is 0 Å². The summed E-state index contributed by atoms with van der Waals surface area (Å²) in [6, 6.07) is 0. The fourth-order valence-electron chi connectivity index (χ4n) is 0.510. The zero-order chi connectivity index (χ0) is 9.40. The van der Waals surface area contributed by atoms with Gasteiger partial charge in [-0.05, 0) is 6.42 Å². The lowest BCUT2D eigenvalue weighted by Gasteiger charge is -2.00. The molecule has 0 atom stereocenters. The number of hydrogen-bond donors (Lipinski definition) is 1. The van der Waals surface area contributed by atoms with Crippen LogP contribution in [-0.2, 0) is 9.53 Å². The van der Waals surface area contributed by atoms with E-state index in [0.29, 0.717) is 12.9 Å². The minimum atomic E-state index is -0.763. The normalized spacial score (nSPS) is 10.5. The van der Waals surface area contributed by atoms with Gasteiger partial charge in [0.15, 0.2) is 0 Å². The van der Waals surface area contributed by atoms with Crippen molar-refractivity contribution in [3.8, 4) is 0 Å². The van der Waals surface area contributed by atoms with Crippen molar-refractivity contribution in [3.63, 3.8) is 0 Å². The van der Waals surface area contributed by atoms with Gasteiger partial charge in [-0.2, -0.15) is 0 Å². The Morgan fingerprint density at radius 1 is 1.75 bits per heavy atom. The number of unbranched alkanes of at least 4 members (excludes halogenated alkanes) is 1. The topological polar surface area (TPSA) is 50.9 Å². The number of rotatable bonds is 4. The molecule has 1 N–H and O–H groups in total. The average molecular weight is 169 g/mol. The van der Waals surface area contributed by atoms with Crippen molar-refractivity contribution < 1.29 is 14.6 Å². The second-order valence-corrected chi connectivity index (χ2v) is 2.12. The first kappa shape index (κ1) is 10.5. The minimum absolute atomic E-state index is 0.294. The first-order valence-electron chi connectivity index (χ1n) is 3.65. The summed E-state index contributed by atoms with van der Waals surface area (Å²) >= 11 is 0. The molecule has 4 nitrogen and oxygen atoms in total. The monoisotopic (exact) mass is 169 g/mol. The summed E-state index contributed by atoms with van der Waals surface area (Å²) in [5, 5.41) is 8.38. The average Bonchev–Trinajstić information content (AvgIpc) is 2.07. The summed E-state index contributed by atoms with van der Waals surface area (Å²) in [4.78, 5) is 13.6. The molecule has 0 aliphatic carbocycles. The smallest absolute Gasteiger partial charge is 0.339 e. The van der Waals surface area contributed by atoms with E-state index in [9.17, 15) is 4.79 Å². The van der Waals surface area contributed by atoms with Crippen molar-refractivity contribution in [3.05, 3.63) is 23.4 Å². The van der Waals surface area contributed by atoms with Crippen molar-refractivity contribution in [2.24, 2.45) is 0 Å². The zero-order valence-electron chi connectivity index (χ0n) is 6.91. The molecule has 0 rings (SSSR count). The van der Waals surface area contributed by atoms with Crippen molar-refractivity contribution in [1.29, 1.82) is 0 Å². The van der Waals surface area contributed by atoms with Crippen LogP contribution >= 0.6 is 0 Å². The molecular formula is C8H11NO3. The Labute approximate surface area is 71.3 Å². The highest BCUT2D eigenvalue weighted by Gasteiger charge is 2.09. The molecule has 0 bridgehead atoms. The number of carbonyl (C=O) groups is 1. The zero-order valence-corrected chi connectivity index (χ0v) is 6.91. The van der Waals surface area contributed by atoms with Crippen LogP contribution in [0.3, 0.4) is 0 Å². The van der Waals surface area contributed by atoms with Crippen LogP contribution in [0.15, 0.2) is 12.0 Å². The first-order valence-corrected chi connectivity index (χ1v) is 3.65. The van der Waals surface area contributed by atoms with Gasteiger partial charge in [-0.1, -0.05) is 13.3 Å². The van der Waals surface area contributed by atoms with E-state index < -0.39 is 5.97 Å². The summed E-state index contributed by atoms with van der Waals surface area (Å²) in [7, 11) is 0. The largest absolute Gasteiger partial charge is 0.526 e. The van der Waals surface area contributed by atoms with E-state index in [1.807, 2.05) is 6.92 Å². The predicted octanol–water partition coefficient (Wildman–Crippen LogP) is 1.65. The third-order valence-corrected chi connectivity index (χ3v) is 1.18. The lowest BCUT2D eigenvalue weighted by Crippen LogP contribution is -2.06. The number of aliphatic hydroxyl groups is 1. The maximum Gasteiger partial charge on any atom is 0.339 e. The highest BCUT2D eigenvalue weighted by molar-refractivity contribution is 5.89. The van der Waals surface area contributed by atoms with E-state index >= 15 is 0 Å². The van der Waals surface area contributed by atoms with E-state index in [-0.39, 0.29) is 5.70 Å². The van der Waals surface area contributed by atoms with Gasteiger partial charge in [0.1, 0.15) is 0 Å². The molecular weight excluding hydrogens is 158 g/mol. The molecule has 0 aromatic heterocycles. The fourth-order valence-corrected chi connectivity index (χ4v) is 0.510. The quantitative estimate of drug-likeness (QED) is 0.229. The van der Waals surface area contributed by atoms with Crippen LogP contribution in [0.2, 0.25) is 0 Å². The second kappa shape index (κ2) is 6.23. The van der Waals surface area contributed by atoms with Gasteiger partial charge in [-0.25, -0.2) is 4.85 Å². The molecule has 0 aliphatic rings. The van der Waals surface area contributed by atoms with Gasteiger partial charge in [-0.3, -0.25) is 4.79 Å². The van der Waals surface area contributed by atoms with E-state index in [1.165, 1.54) is 0 Å². The predicted molar refractivity (Wildman–Crippen MR) is 43.2 cm³/mol. The van der Waals surface area contributed by atoms with Crippen molar-refractivity contribution in [1.82, 2.24) is 0 Å². The maximum absolute atomic E-state index is 10.8. The van der Waals surface area contributed by atoms with Gasteiger partial charge < -0.3 is 9.84 Å². The molecule has 0 fully saturated rings. The fraction of sp³-hybridized carbons (Fsp3) is 0.500. The summed E-state index contributed by atoms with van der Waals surface area (Å²) in [5.41, 5.74) is -0.383. The molecule has 0 aromatic rings. The minimum Gasteiger partial charge on any atom is -0.526 e. The Hall–Kier alpha value is -1.50. The summed E-state index contributed by atoms with van der Waals surface area (Å²) in [6.07, 6.45) is 2.15. The van der Waals surface area contributed by atoms with Gasteiger partial charge in [0.2, 0.25) is 0 Å². The van der Waals surface area contributed by atoms with Gasteiger partial charge >= 0.3 is 11.7 Å². The second-order valence-electron chi connectivity index (χ2n) is 2.12. The van der Waals surface area contributed by atoms with Crippen molar-refractivity contribution in [2.75, 3.05) is 6.61 Å². The first-order chi connectivity index (χ1) is 5.76. The molecule has 0 heterocycles. The Morgan fingerprint density at radius 2 is 2.42 bits per heavy atom. The molecule has 0 saturated carbocycles. The van der Waals surface area contributed by atoms with Gasteiger partial charge in [0, 0.05) is 0 Å². The molecule has 0 spiro atoms. The van der Waals surface area contributed by atoms with Gasteiger partial charge in [0.25, 0.3) is 0 Å². The molecule has 0 saturated heterocycles. The van der Waals surface area contributed by atoms with Gasteiger partial charge in [0.05, 0.1) is 19.4 Å². The van der Waals surface area contributed by atoms with E-state index in [1.54, 1.807) is 0 Å². The van der Waals surface area contributed by atoms with Crippen LogP contribution in [0, 0.1) is 6.57 Å². The van der Waals surface area contributed by atoms with Crippen LogP contribution < -0.4 is 0 Å². The molecule has 0 amide bonds. The number of ether oxygens (including phenoxy) is 1. The van der Waals surface area contributed by atoms with Crippen molar-refractivity contribution in [2.45, 2.75) is 19.8 Å². The van der Waals surface area contributed by atoms with E-state index in [0.717, 1.165) is 12.8 Å². The number of esters is 1. The highest BCUT2D eigenvalue weighted by atomic mass is 16.5. The molecule has 0 aromatic carbocycles. The molecule has 0 unspecified atom stereocenters. The molecule has 12 heavy (non-hydrogen) atoms. The standard InChI is InChI=1S/C8H11NO3/c1-3-4-5-12-8(11)7(6-10)9-2/h6,10H,3-5H2,1H3/b7-6+. The van der Waals surface area contributed by atoms with E-state index in [2.05, 4.69) is 9.58 Å². The molecule has 0 aliphatic heterocycles. The summed E-state index contributed by atoms with van der Waals surface area (Å²) < 4.78 is 4.65. The molecule has 66 valence electrons. The number of hydrogen-bond acceptors (Lipinski definition) is 3. The SMILES string of the molecule is [C-]#[N+]/C(=C/O)C(=O)OCCCC. The third kappa shape index (κ3) is 3.62. The number of nitrogens with zero attached hydrogens (tertiary/aromatic N) is 1. The number of carbonyl (C=O) groups excluding carboxylic acids is 1. The summed E-state index contributed by atoms with van der Waals surface area (Å²) in [5.74, 6) is -0.763.